The lowest BCUT2D eigenvalue weighted by atomic mass is 10.1. The van der Waals surface area contributed by atoms with Gasteiger partial charge in [-0.2, -0.15) is 5.10 Å². The van der Waals surface area contributed by atoms with Gasteiger partial charge in [-0.3, -0.25) is 4.68 Å². The summed E-state index contributed by atoms with van der Waals surface area (Å²) >= 11 is 0. The lowest BCUT2D eigenvalue weighted by molar-refractivity contribution is 0.101. The second-order valence-electron chi connectivity index (χ2n) is 4.68. The Balaban J connectivity index is 1.86. The zero-order chi connectivity index (χ0) is 11.5. The molecule has 0 saturated carbocycles. The average molecular weight is 223 g/mol. The Morgan fingerprint density at radius 3 is 3.06 bits per heavy atom. The summed E-state index contributed by atoms with van der Waals surface area (Å²) in [6.45, 7) is 5.21. The Morgan fingerprint density at radius 1 is 1.69 bits per heavy atom. The van der Waals surface area contributed by atoms with E-state index < -0.39 is 0 Å². The molecule has 0 bridgehead atoms. The van der Waals surface area contributed by atoms with Crippen LogP contribution in [0.4, 0.5) is 5.69 Å². The molecule has 1 aliphatic heterocycles. The predicted octanol–water partition coefficient (Wildman–Crippen LogP) is 2.10. The minimum Gasteiger partial charge on any atom is -0.380 e. The molecule has 1 aliphatic rings. The SMILES string of the molecule is Cc1c(NC(C)CC2CCCO2)cnn1C. The molecular formula is C12H21N3O. The number of ether oxygens (including phenoxy) is 1. The molecule has 0 spiro atoms. The summed E-state index contributed by atoms with van der Waals surface area (Å²) in [7, 11) is 1.96. The molecule has 4 heteroatoms. The monoisotopic (exact) mass is 223 g/mol. The molecule has 1 aromatic rings. The molecule has 2 heterocycles. The zero-order valence-corrected chi connectivity index (χ0v) is 10.4. The van der Waals surface area contributed by atoms with E-state index in [4.69, 9.17) is 4.74 Å². The van der Waals surface area contributed by atoms with Crippen LogP contribution < -0.4 is 5.32 Å². The predicted molar refractivity (Wildman–Crippen MR) is 64.6 cm³/mol. The standard InChI is InChI=1S/C12H21N3O/c1-9(7-11-5-4-6-16-11)14-12-8-13-15(3)10(12)2/h8-9,11,14H,4-7H2,1-3H3. The van der Waals surface area contributed by atoms with Crippen molar-refractivity contribution < 1.29 is 4.74 Å². The molecule has 1 aromatic heterocycles. The third kappa shape index (κ3) is 2.55. The van der Waals surface area contributed by atoms with Crippen molar-refractivity contribution >= 4 is 5.69 Å². The van der Waals surface area contributed by atoms with Crippen molar-refractivity contribution in [3.8, 4) is 0 Å². The fourth-order valence-corrected chi connectivity index (χ4v) is 2.19. The fraction of sp³-hybridized carbons (Fsp3) is 0.750. The zero-order valence-electron chi connectivity index (χ0n) is 10.4. The van der Waals surface area contributed by atoms with Gasteiger partial charge in [-0.05, 0) is 33.1 Å². The first-order valence-electron chi connectivity index (χ1n) is 6.03. The molecule has 1 fully saturated rings. The molecule has 0 radical (unpaired) electrons. The lowest BCUT2D eigenvalue weighted by Gasteiger charge is -2.18. The minimum absolute atomic E-state index is 0.436. The van der Waals surface area contributed by atoms with Gasteiger partial charge in [0, 0.05) is 19.7 Å². The highest BCUT2D eigenvalue weighted by molar-refractivity contribution is 5.46. The maximum Gasteiger partial charge on any atom is 0.0758 e. The van der Waals surface area contributed by atoms with Crippen LogP contribution >= 0.6 is 0 Å². The van der Waals surface area contributed by atoms with Gasteiger partial charge in [0.1, 0.15) is 0 Å². The van der Waals surface area contributed by atoms with Gasteiger partial charge in [0.15, 0.2) is 0 Å². The molecule has 2 unspecified atom stereocenters. The number of rotatable bonds is 4. The molecule has 90 valence electrons. The van der Waals surface area contributed by atoms with E-state index in [0.29, 0.717) is 12.1 Å². The normalized spacial score (nSPS) is 22.3. The van der Waals surface area contributed by atoms with Crippen LogP contribution in [-0.4, -0.2) is 28.5 Å². The maximum atomic E-state index is 5.64. The van der Waals surface area contributed by atoms with Crippen molar-refractivity contribution in [1.82, 2.24) is 9.78 Å². The number of anilines is 1. The summed E-state index contributed by atoms with van der Waals surface area (Å²) in [6.07, 6.45) is 5.83. The van der Waals surface area contributed by atoms with Gasteiger partial charge in [-0.1, -0.05) is 0 Å². The summed E-state index contributed by atoms with van der Waals surface area (Å²) in [6, 6.07) is 0.436. The molecular weight excluding hydrogens is 202 g/mol. The van der Waals surface area contributed by atoms with Crippen molar-refractivity contribution in [2.45, 2.75) is 45.3 Å². The van der Waals surface area contributed by atoms with Gasteiger partial charge in [0.2, 0.25) is 0 Å². The molecule has 0 amide bonds. The molecule has 2 rings (SSSR count). The number of hydrogen-bond donors (Lipinski definition) is 1. The Bertz CT molecular complexity index is 342. The summed E-state index contributed by atoms with van der Waals surface area (Å²) in [5, 5.41) is 7.72. The highest BCUT2D eigenvalue weighted by Gasteiger charge is 2.18. The van der Waals surface area contributed by atoms with Crippen LogP contribution in [0, 0.1) is 6.92 Å². The Morgan fingerprint density at radius 2 is 2.50 bits per heavy atom. The maximum absolute atomic E-state index is 5.64. The average Bonchev–Trinajstić information content (AvgIpc) is 2.83. The highest BCUT2D eigenvalue weighted by Crippen LogP contribution is 2.20. The fourth-order valence-electron chi connectivity index (χ4n) is 2.19. The van der Waals surface area contributed by atoms with Gasteiger partial charge < -0.3 is 10.1 Å². The topological polar surface area (TPSA) is 39.1 Å². The van der Waals surface area contributed by atoms with Crippen LogP contribution in [0.15, 0.2) is 6.20 Å². The second kappa shape index (κ2) is 4.87. The smallest absolute Gasteiger partial charge is 0.0758 e. The summed E-state index contributed by atoms with van der Waals surface area (Å²) in [4.78, 5) is 0. The Hall–Kier alpha value is -1.03. The van der Waals surface area contributed by atoms with E-state index in [9.17, 15) is 0 Å². The van der Waals surface area contributed by atoms with E-state index in [1.54, 1.807) is 0 Å². The van der Waals surface area contributed by atoms with Crippen molar-refractivity contribution in [2.24, 2.45) is 7.05 Å². The van der Waals surface area contributed by atoms with E-state index in [2.05, 4.69) is 24.3 Å². The van der Waals surface area contributed by atoms with Crippen molar-refractivity contribution in [3.63, 3.8) is 0 Å². The quantitative estimate of drug-likeness (QED) is 0.849. The van der Waals surface area contributed by atoms with E-state index in [-0.39, 0.29) is 0 Å². The number of hydrogen-bond acceptors (Lipinski definition) is 3. The number of aromatic nitrogens is 2. The van der Waals surface area contributed by atoms with Crippen LogP contribution in [0.25, 0.3) is 0 Å². The molecule has 1 N–H and O–H groups in total. The van der Waals surface area contributed by atoms with Crippen molar-refractivity contribution in [3.05, 3.63) is 11.9 Å². The van der Waals surface area contributed by atoms with Gasteiger partial charge in [-0.25, -0.2) is 0 Å². The van der Waals surface area contributed by atoms with E-state index in [1.807, 2.05) is 17.9 Å². The van der Waals surface area contributed by atoms with Crippen LogP contribution in [-0.2, 0) is 11.8 Å². The second-order valence-corrected chi connectivity index (χ2v) is 4.68. The number of aryl methyl sites for hydroxylation is 1. The Labute approximate surface area is 97.0 Å². The molecule has 0 aliphatic carbocycles. The van der Waals surface area contributed by atoms with Crippen LogP contribution in [0.1, 0.15) is 31.9 Å². The molecule has 16 heavy (non-hydrogen) atoms. The van der Waals surface area contributed by atoms with Gasteiger partial charge in [0.25, 0.3) is 0 Å². The van der Waals surface area contributed by atoms with Crippen LogP contribution in [0.2, 0.25) is 0 Å². The third-order valence-corrected chi connectivity index (χ3v) is 3.28. The third-order valence-electron chi connectivity index (χ3n) is 3.28. The number of nitrogens with zero attached hydrogens (tertiary/aromatic N) is 2. The van der Waals surface area contributed by atoms with Gasteiger partial charge in [-0.15, -0.1) is 0 Å². The van der Waals surface area contributed by atoms with Gasteiger partial charge in [0.05, 0.1) is 23.7 Å². The number of nitrogens with one attached hydrogen (secondary N) is 1. The lowest BCUT2D eigenvalue weighted by Crippen LogP contribution is -2.22. The first-order chi connectivity index (χ1) is 7.66. The van der Waals surface area contributed by atoms with Crippen molar-refractivity contribution in [2.75, 3.05) is 11.9 Å². The molecule has 2 atom stereocenters. The molecule has 1 saturated heterocycles. The minimum atomic E-state index is 0.436. The Kier molecular flexibility index (Phi) is 3.49. The van der Waals surface area contributed by atoms with Gasteiger partial charge >= 0.3 is 0 Å². The van der Waals surface area contributed by atoms with E-state index in [1.165, 1.54) is 18.5 Å². The summed E-state index contributed by atoms with van der Waals surface area (Å²) < 4.78 is 7.53. The molecule has 4 nitrogen and oxygen atoms in total. The van der Waals surface area contributed by atoms with Crippen molar-refractivity contribution in [1.29, 1.82) is 0 Å². The summed E-state index contributed by atoms with van der Waals surface area (Å²) in [5.41, 5.74) is 2.31. The largest absolute Gasteiger partial charge is 0.380 e. The van der Waals surface area contributed by atoms with E-state index in [0.717, 1.165) is 18.7 Å². The molecule has 0 aromatic carbocycles. The first kappa shape index (κ1) is 11.5. The highest BCUT2D eigenvalue weighted by atomic mass is 16.5. The van der Waals surface area contributed by atoms with E-state index >= 15 is 0 Å². The van der Waals surface area contributed by atoms with Crippen LogP contribution in [0.3, 0.4) is 0 Å². The first-order valence-corrected chi connectivity index (χ1v) is 6.03. The summed E-state index contributed by atoms with van der Waals surface area (Å²) in [5.74, 6) is 0. The van der Waals surface area contributed by atoms with Crippen LogP contribution in [0.5, 0.6) is 0 Å².